The van der Waals surface area contributed by atoms with Crippen molar-refractivity contribution < 1.29 is 37.9 Å². The molecular weight excluding hydrogens is 368 g/mol. The third-order valence-corrected chi connectivity index (χ3v) is 3.02. The Morgan fingerprint density at radius 2 is 1.07 bits per heavy atom. The molecule has 0 aliphatic carbocycles. The van der Waals surface area contributed by atoms with Crippen LogP contribution in [0.25, 0.3) is 0 Å². The van der Waals surface area contributed by atoms with Gasteiger partial charge < -0.3 is 37.9 Å². The lowest BCUT2D eigenvalue weighted by Crippen LogP contribution is -2.24. The summed E-state index contributed by atoms with van der Waals surface area (Å²) in [5, 5.41) is 0. The zero-order chi connectivity index (χ0) is 20.9. The summed E-state index contributed by atoms with van der Waals surface area (Å²) in [5.41, 5.74) is 0. The van der Waals surface area contributed by atoms with Gasteiger partial charge in [0.2, 0.25) is 6.29 Å². The molecule has 0 aliphatic rings. The lowest BCUT2D eigenvalue weighted by Gasteiger charge is -2.20. The van der Waals surface area contributed by atoms with Crippen LogP contribution in [-0.2, 0) is 37.9 Å². The molecule has 0 aliphatic heterocycles. The summed E-state index contributed by atoms with van der Waals surface area (Å²) in [5.74, 6) is 1.16. The van der Waals surface area contributed by atoms with E-state index in [2.05, 4.69) is 13.2 Å². The molecule has 0 aromatic rings. The van der Waals surface area contributed by atoms with Crippen LogP contribution >= 0.6 is 0 Å². The Balaban J connectivity index is 3.37. The van der Waals surface area contributed by atoms with E-state index in [0.717, 1.165) is 0 Å². The van der Waals surface area contributed by atoms with Gasteiger partial charge in [-0.3, -0.25) is 0 Å². The Hall–Kier alpha value is -1.16. The van der Waals surface area contributed by atoms with E-state index in [9.17, 15) is 0 Å². The fraction of sp³-hybridized carbons (Fsp3) is 0.800. The Kier molecular flexibility index (Phi) is 19.7. The van der Waals surface area contributed by atoms with Gasteiger partial charge in [0.25, 0.3) is 0 Å². The van der Waals surface area contributed by atoms with Gasteiger partial charge in [0.15, 0.2) is 0 Å². The minimum absolute atomic E-state index is 0.253. The second kappa shape index (κ2) is 20.6. The first-order valence-electron chi connectivity index (χ1n) is 9.67. The molecule has 28 heavy (non-hydrogen) atoms. The molecule has 0 fully saturated rings. The van der Waals surface area contributed by atoms with E-state index in [1.165, 1.54) is 0 Å². The van der Waals surface area contributed by atoms with Crippen LogP contribution < -0.4 is 0 Å². The standard InChI is InChI=1S/C20H38O8/c1-6-21-7-8-22-9-10-23-11-12-24-13-14-25-15-16-26-20(28-19(4)5)17-27-18(2)3/h20H,2,4,6-17H2,1,3,5H3. The molecule has 0 saturated carbocycles. The molecule has 1 atom stereocenters. The van der Waals surface area contributed by atoms with Gasteiger partial charge in [-0.25, -0.2) is 0 Å². The number of hydrogen-bond donors (Lipinski definition) is 0. The van der Waals surface area contributed by atoms with Crippen LogP contribution in [0, 0.1) is 0 Å². The van der Waals surface area contributed by atoms with Crippen LogP contribution in [0.15, 0.2) is 24.7 Å². The molecule has 0 bridgehead atoms. The Morgan fingerprint density at radius 3 is 1.46 bits per heavy atom. The summed E-state index contributed by atoms with van der Waals surface area (Å²) in [6.45, 7) is 19.0. The quantitative estimate of drug-likeness (QED) is 0.154. The maximum atomic E-state index is 5.56. The number of allylic oxidation sites excluding steroid dienone is 2. The van der Waals surface area contributed by atoms with Gasteiger partial charge in [-0.05, 0) is 20.8 Å². The molecule has 166 valence electrons. The van der Waals surface area contributed by atoms with Crippen LogP contribution in [0.5, 0.6) is 0 Å². The van der Waals surface area contributed by atoms with Crippen molar-refractivity contribution in [2.45, 2.75) is 27.1 Å². The number of hydrogen-bond acceptors (Lipinski definition) is 8. The van der Waals surface area contributed by atoms with Crippen molar-refractivity contribution in [1.82, 2.24) is 0 Å². The monoisotopic (exact) mass is 406 g/mol. The first-order chi connectivity index (χ1) is 13.6. The second-order valence-corrected chi connectivity index (χ2v) is 5.78. The van der Waals surface area contributed by atoms with Gasteiger partial charge in [0, 0.05) is 6.61 Å². The van der Waals surface area contributed by atoms with E-state index >= 15 is 0 Å². The lowest BCUT2D eigenvalue weighted by molar-refractivity contribution is -0.151. The third kappa shape index (κ3) is 21.1. The minimum Gasteiger partial charge on any atom is -0.492 e. The van der Waals surface area contributed by atoms with Crippen molar-refractivity contribution in [1.29, 1.82) is 0 Å². The highest BCUT2D eigenvalue weighted by Gasteiger charge is 2.11. The molecule has 1 unspecified atom stereocenters. The SMILES string of the molecule is C=C(C)OCC(OCCOCCOCCOCCOCCOCC)OC(=C)C. The smallest absolute Gasteiger partial charge is 0.233 e. The number of ether oxygens (including phenoxy) is 8. The van der Waals surface area contributed by atoms with Gasteiger partial charge in [0.05, 0.1) is 77.6 Å². The Morgan fingerprint density at radius 1 is 0.643 bits per heavy atom. The topological polar surface area (TPSA) is 73.8 Å². The van der Waals surface area contributed by atoms with Crippen LogP contribution in [-0.4, -0.2) is 85.6 Å². The average molecular weight is 407 g/mol. The summed E-state index contributed by atoms with van der Waals surface area (Å²) in [4.78, 5) is 0. The van der Waals surface area contributed by atoms with Gasteiger partial charge >= 0.3 is 0 Å². The van der Waals surface area contributed by atoms with Crippen LogP contribution in [0.2, 0.25) is 0 Å². The largest absolute Gasteiger partial charge is 0.492 e. The predicted octanol–water partition coefficient (Wildman–Crippen LogP) is 2.53. The molecule has 8 nitrogen and oxygen atoms in total. The van der Waals surface area contributed by atoms with Crippen LogP contribution in [0.4, 0.5) is 0 Å². The van der Waals surface area contributed by atoms with Gasteiger partial charge in [0.1, 0.15) is 6.61 Å². The molecule has 0 N–H and O–H groups in total. The molecule has 0 amide bonds. The van der Waals surface area contributed by atoms with E-state index in [-0.39, 0.29) is 6.61 Å². The zero-order valence-electron chi connectivity index (χ0n) is 17.7. The summed E-state index contributed by atoms with van der Waals surface area (Å²) >= 11 is 0. The second-order valence-electron chi connectivity index (χ2n) is 5.78. The van der Waals surface area contributed by atoms with E-state index in [4.69, 9.17) is 37.9 Å². The van der Waals surface area contributed by atoms with Crippen molar-refractivity contribution in [2.75, 3.05) is 79.3 Å². The summed E-state index contributed by atoms with van der Waals surface area (Å²) in [6, 6.07) is 0. The summed E-state index contributed by atoms with van der Waals surface area (Å²) in [6.07, 6.45) is -0.533. The lowest BCUT2D eigenvalue weighted by atomic mass is 10.6. The van der Waals surface area contributed by atoms with Crippen molar-refractivity contribution in [3.63, 3.8) is 0 Å². The van der Waals surface area contributed by atoms with Crippen molar-refractivity contribution >= 4 is 0 Å². The highest BCUT2D eigenvalue weighted by molar-refractivity contribution is 4.77. The first-order valence-corrected chi connectivity index (χ1v) is 9.67. The molecule has 0 saturated heterocycles. The van der Waals surface area contributed by atoms with Crippen molar-refractivity contribution in [3.8, 4) is 0 Å². The summed E-state index contributed by atoms with van der Waals surface area (Å²) < 4.78 is 43.1. The first kappa shape index (κ1) is 26.8. The highest BCUT2D eigenvalue weighted by atomic mass is 16.7. The van der Waals surface area contributed by atoms with E-state index in [1.54, 1.807) is 13.8 Å². The highest BCUT2D eigenvalue weighted by Crippen LogP contribution is 2.05. The summed E-state index contributed by atoms with van der Waals surface area (Å²) in [7, 11) is 0. The molecule has 0 aromatic carbocycles. The molecule has 8 heteroatoms. The predicted molar refractivity (Wildman–Crippen MR) is 106 cm³/mol. The Labute approximate surface area is 169 Å². The minimum atomic E-state index is -0.533. The normalized spacial score (nSPS) is 12.0. The van der Waals surface area contributed by atoms with E-state index in [1.807, 2.05) is 6.92 Å². The molecule has 0 radical (unpaired) electrons. The van der Waals surface area contributed by atoms with Crippen LogP contribution in [0.1, 0.15) is 20.8 Å². The van der Waals surface area contributed by atoms with E-state index in [0.29, 0.717) is 84.2 Å². The molecule has 0 spiro atoms. The van der Waals surface area contributed by atoms with Gasteiger partial charge in [-0.1, -0.05) is 13.2 Å². The Bertz CT molecular complexity index is 375. The number of rotatable bonds is 22. The third-order valence-electron chi connectivity index (χ3n) is 3.02. The fourth-order valence-electron chi connectivity index (χ4n) is 1.81. The van der Waals surface area contributed by atoms with Gasteiger partial charge in [-0.2, -0.15) is 0 Å². The maximum Gasteiger partial charge on any atom is 0.233 e. The molecule has 0 heterocycles. The van der Waals surface area contributed by atoms with E-state index < -0.39 is 6.29 Å². The fourth-order valence-corrected chi connectivity index (χ4v) is 1.81. The average Bonchev–Trinajstić information content (AvgIpc) is 2.65. The van der Waals surface area contributed by atoms with Crippen LogP contribution in [0.3, 0.4) is 0 Å². The van der Waals surface area contributed by atoms with Crippen molar-refractivity contribution in [2.24, 2.45) is 0 Å². The van der Waals surface area contributed by atoms with Gasteiger partial charge in [-0.15, -0.1) is 0 Å². The molecular formula is C20H38O8. The maximum absolute atomic E-state index is 5.56. The molecule has 0 aromatic heterocycles. The van der Waals surface area contributed by atoms with Crippen molar-refractivity contribution in [3.05, 3.63) is 24.7 Å². The molecule has 0 rings (SSSR count). The zero-order valence-corrected chi connectivity index (χ0v) is 17.7.